The summed E-state index contributed by atoms with van der Waals surface area (Å²) in [5.41, 5.74) is -3.36. The minimum atomic E-state index is -3.92. The number of carbonyl (C=O) groups excluding carboxylic acids is 4. The van der Waals surface area contributed by atoms with Crippen LogP contribution in [0.1, 0.15) is 74.1 Å². The molecule has 2 aromatic rings. The first kappa shape index (κ1) is 36.6. The Bertz CT molecular complexity index is 1680. The first-order chi connectivity index (χ1) is 22.2. The number of alkyl carbamates (subject to hydrolysis) is 1. The van der Waals surface area contributed by atoms with Gasteiger partial charge >= 0.3 is 6.09 Å². The first-order valence-electron chi connectivity index (χ1n) is 15.9. The van der Waals surface area contributed by atoms with Gasteiger partial charge in [-0.25, -0.2) is 13.2 Å². The van der Waals surface area contributed by atoms with Crippen LogP contribution in [0.5, 0.6) is 5.88 Å². The lowest BCUT2D eigenvalue weighted by atomic mass is 9.85. The molecule has 1 aromatic heterocycles. The summed E-state index contributed by atoms with van der Waals surface area (Å²) in [5, 5.41) is 14.3. The Morgan fingerprint density at radius 2 is 1.75 bits per heavy atom. The van der Waals surface area contributed by atoms with Crippen LogP contribution in [0.4, 0.5) is 4.79 Å². The molecule has 4 rings (SSSR count). The van der Waals surface area contributed by atoms with Gasteiger partial charge in [0.2, 0.25) is 27.7 Å². The number of hydrogen-bond donors (Lipinski definition) is 3. The fraction of sp³-hybridized carbons (Fsp3) is 0.576. The molecule has 0 spiro atoms. The van der Waals surface area contributed by atoms with Crippen molar-refractivity contribution in [3.8, 4) is 5.88 Å². The molecule has 14 nitrogen and oxygen atoms in total. The van der Waals surface area contributed by atoms with Crippen LogP contribution in [0.3, 0.4) is 0 Å². The van der Waals surface area contributed by atoms with Crippen molar-refractivity contribution in [2.24, 2.45) is 5.41 Å². The van der Waals surface area contributed by atoms with Crippen LogP contribution in [-0.2, 0) is 29.1 Å². The van der Waals surface area contributed by atoms with Gasteiger partial charge < -0.3 is 25.0 Å². The van der Waals surface area contributed by atoms with Crippen LogP contribution in [-0.4, -0.2) is 88.5 Å². The van der Waals surface area contributed by atoms with E-state index in [1.165, 1.54) is 17.9 Å². The third kappa shape index (κ3) is 8.79. The highest BCUT2D eigenvalue weighted by Crippen LogP contribution is 2.31. The second kappa shape index (κ2) is 13.7. The van der Waals surface area contributed by atoms with Crippen LogP contribution >= 0.6 is 0 Å². The molecule has 48 heavy (non-hydrogen) atoms. The molecule has 1 aromatic carbocycles. The van der Waals surface area contributed by atoms with Gasteiger partial charge in [0.05, 0.1) is 18.0 Å². The second-order valence-corrected chi connectivity index (χ2v) is 16.6. The van der Waals surface area contributed by atoms with E-state index in [2.05, 4.69) is 32.1 Å². The molecule has 4 atom stereocenters. The van der Waals surface area contributed by atoms with E-state index in [4.69, 9.17) is 9.47 Å². The third-order valence-electron chi connectivity index (χ3n) is 8.09. The van der Waals surface area contributed by atoms with E-state index < -0.39 is 73.8 Å². The normalized spacial score (nSPS) is 20.3. The van der Waals surface area contributed by atoms with E-state index in [1.54, 1.807) is 47.7 Å². The monoisotopic (exact) mass is 686 g/mol. The van der Waals surface area contributed by atoms with E-state index >= 15 is 0 Å². The number of rotatable bonds is 11. The molecule has 1 aliphatic carbocycles. The number of carbonyl (C=O) groups is 4. The number of aromatic nitrogens is 2. The minimum Gasteiger partial charge on any atom is -0.471 e. The van der Waals surface area contributed by atoms with Gasteiger partial charge in [-0.1, -0.05) is 45.0 Å². The molecule has 3 N–H and O–H groups in total. The first-order valence-corrected chi connectivity index (χ1v) is 17.4. The van der Waals surface area contributed by atoms with Crippen molar-refractivity contribution >= 4 is 44.6 Å². The van der Waals surface area contributed by atoms with E-state index in [9.17, 15) is 27.6 Å². The lowest BCUT2D eigenvalue weighted by Gasteiger charge is -2.36. The van der Waals surface area contributed by atoms with Gasteiger partial charge in [-0.2, -0.15) is 5.10 Å². The topological polar surface area (TPSA) is 186 Å². The molecule has 1 saturated heterocycles. The van der Waals surface area contributed by atoms with E-state index in [1.807, 2.05) is 24.3 Å². The number of sulfonamides is 1. The average Bonchev–Trinajstić information content (AvgIpc) is 3.75. The van der Waals surface area contributed by atoms with Gasteiger partial charge in [-0.05, 0) is 58.4 Å². The summed E-state index contributed by atoms with van der Waals surface area (Å²) in [5.74, 6) is -2.00. The molecule has 2 fully saturated rings. The Morgan fingerprint density at radius 3 is 2.35 bits per heavy atom. The van der Waals surface area contributed by atoms with Crippen molar-refractivity contribution in [1.82, 2.24) is 30.5 Å². The quantitative estimate of drug-likeness (QED) is 0.297. The molecule has 15 heteroatoms. The van der Waals surface area contributed by atoms with Crippen LogP contribution in [0.2, 0.25) is 0 Å². The van der Waals surface area contributed by atoms with Gasteiger partial charge in [-0.3, -0.25) is 19.1 Å². The number of benzene rings is 1. The molecule has 0 bridgehead atoms. The van der Waals surface area contributed by atoms with Crippen molar-refractivity contribution in [1.29, 1.82) is 0 Å². The fourth-order valence-corrected chi connectivity index (χ4v) is 6.82. The lowest BCUT2D eigenvalue weighted by Crippen LogP contribution is -2.62. The number of likely N-dealkylation sites (tertiary alicyclic amines) is 1. The van der Waals surface area contributed by atoms with Gasteiger partial charge in [0.25, 0.3) is 5.91 Å². The molecule has 2 aliphatic rings. The van der Waals surface area contributed by atoms with Crippen LogP contribution in [0.25, 0.3) is 10.8 Å². The lowest BCUT2D eigenvalue weighted by molar-refractivity contribution is -0.143. The number of hydrogen-bond acceptors (Lipinski definition) is 10. The second-order valence-electron chi connectivity index (χ2n) is 14.7. The highest BCUT2D eigenvalue weighted by atomic mass is 32.2. The molecule has 2 heterocycles. The summed E-state index contributed by atoms with van der Waals surface area (Å²) in [7, 11) is -3.92. The number of amides is 4. The summed E-state index contributed by atoms with van der Waals surface area (Å²) in [6.45, 7) is 15.4. The third-order valence-corrected chi connectivity index (χ3v) is 9.91. The molecule has 0 radical (unpaired) electrons. The van der Waals surface area contributed by atoms with Crippen molar-refractivity contribution in [2.45, 2.75) is 109 Å². The fourth-order valence-electron chi connectivity index (χ4n) is 5.41. The summed E-state index contributed by atoms with van der Waals surface area (Å²) in [6, 6.07) is 5.04. The molecule has 1 aliphatic heterocycles. The Kier molecular flexibility index (Phi) is 10.4. The van der Waals surface area contributed by atoms with Crippen LogP contribution < -0.4 is 20.1 Å². The Morgan fingerprint density at radius 1 is 1.08 bits per heavy atom. The SMILES string of the molecule is C=CC[C@@](C)(NC(=O)[C@@H]1C[C@@H](Oc2nncc3ccccc23)CN1C(=O)[C@@H](NC(=O)OC(C)(C)C)C(C)(C)C)C(=O)NS(=O)(=O)C1CC1. The predicted octanol–water partition coefficient (Wildman–Crippen LogP) is 2.98. The number of ether oxygens (including phenoxy) is 2. The Balaban J connectivity index is 1.65. The van der Waals surface area contributed by atoms with Crippen LogP contribution in [0.15, 0.2) is 43.1 Å². The zero-order valence-corrected chi connectivity index (χ0v) is 29.3. The van der Waals surface area contributed by atoms with Gasteiger partial charge in [-0.15, -0.1) is 11.7 Å². The van der Waals surface area contributed by atoms with Gasteiger partial charge in [0, 0.05) is 17.2 Å². The number of fused-ring (bicyclic) bond motifs is 1. The van der Waals surface area contributed by atoms with Gasteiger partial charge in [0.1, 0.15) is 29.3 Å². The molecule has 0 unspecified atom stereocenters. The largest absolute Gasteiger partial charge is 0.471 e. The minimum absolute atomic E-state index is 0.00205. The Labute approximate surface area is 281 Å². The maximum atomic E-state index is 14.3. The molecule has 1 saturated carbocycles. The van der Waals surface area contributed by atoms with E-state index in [0.29, 0.717) is 18.2 Å². The molecular formula is C33H46N6O8S. The van der Waals surface area contributed by atoms with Crippen LogP contribution in [0, 0.1) is 5.41 Å². The number of nitrogens with one attached hydrogen (secondary N) is 3. The molecule has 262 valence electrons. The molecule has 4 amide bonds. The predicted molar refractivity (Wildman–Crippen MR) is 178 cm³/mol. The summed E-state index contributed by atoms with van der Waals surface area (Å²) in [6.07, 6.45) is 2.24. The van der Waals surface area contributed by atoms with Crippen molar-refractivity contribution in [2.75, 3.05) is 6.54 Å². The van der Waals surface area contributed by atoms with Crippen molar-refractivity contribution in [3.63, 3.8) is 0 Å². The van der Waals surface area contributed by atoms with E-state index in [0.717, 1.165) is 5.39 Å². The maximum Gasteiger partial charge on any atom is 0.408 e. The van der Waals surface area contributed by atoms with Gasteiger partial charge in [0.15, 0.2) is 0 Å². The standard InChI is InChI=1S/C33H46N6O8S/c1-9-16-33(8,29(42)38-48(44,45)22-14-15-22)36-26(40)24-17-21(46-27-23-13-11-10-12-20(23)18-34-37-27)19-39(24)28(41)25(31(2,3)4)35-30(43)47-32(5,6)7/h9-13,18,21-22,24-25H,1,14-17,19H2,2-8H3,(H,35,43)(H,36,40)(H,38,42)/t21-,24+,25-,33-/m1/s1. The summed E-state index contributed by atoms with van der Waals surface area (Å²) in [4.78, 5) is 55.9. The van der Waals surface area contributed by atoms with E-state index in [-0.39, 0.29) is 25.3 Å². The number of nitrogens with zero attached hydrogens (tertiary/aromatic N) is 3. The molecular weight excluding hydrogens is 640 g/mol. The van der Waals surface area contributed by atoms with Crippen molar-refractivity contribution in [3.05, 3.63) is 43.1 Å². The zero-order chi connectivity index (χ0) is 35.7. The highest BCUT2D eigenvalue weighted by Gasteiger charge is 2.48. The summed E-state index contributed by atoms with van der Waals surface area (Å²) >= 11 is 0. The smallest absolute Gasteiger partial charge is 0.408 e. The zero-order valence-electron chi connectivity index (χ0n) is 28.5. The average molecular weight is 687 g/mol. The van der Waals surface area contributed by atoms with Crippen molar-refractivity contribution < 1.29 is 37.1 Å². The summed E-state index contributed by atoms with van der Waals surface area (Å²) < 4.78 is 39.0. The maximum absolute atomic E-state index is 14.3. The Hall–Kier alpha value is -4.27. The highest BCUT2D eigenvalue weighted by molar-refractivity contribution is 7.90.